The molecule has 0 unspecified atom stereocenters. The van der Waals surface area contributed by atoms with Crippen molar-refractivity contribution in [1.29, 1.82) is 5.26 Å². The van der Waals surface area contributed by atoms with Crippen LogP contribution in [0.3, 0.4) is 0 Å². The van der Waals surface area contributed by atoms with Gasteiger partial charge in [0.2, 0.25) is 5.91 Å². The topological polar surface area (TPSA) is 64.3 Å². The van der Waals surface area contributed by atoms with Crippen molar-refractivity contribution in [3.8, 4) is 6.07 Å². The molecule has 1 amide bonds. The molecule has 1 rings (SSSR count). The largest absolute Gasteiger partial charge is 0.389 e. The Labute approximate surface area is 118 Å². The molecule has 19 heavy (non-hydrogen) atoms. The quantitative estimate of drug-likeness (QED) is 0.835. The van der Waals surface area contributed by atoms with Gasteiger partial charge in [-0.25, -0.2) is 0 Å². The van der Waals surface area contributed by atoms with Gasteiger partial charge in [0, 0.05) is 18.5 Å². The highest BCUT2D eigenvalue weighted by atomic mass is 32.2. The summed E-state index contributed by atoms with van der Waals surface area (Å²) < 4.78 is 0. The highest BCUT2D eigenvalue weighted by Gasteiger charge is 2.19. The SMILES string of the molecule is CN(CC(C)(C)O)C(=O)CSc1ccc(C#N)cc1. The zero-order valence-electron chi connectivity index (χ0n) is 11.4. The smallest absolute Gasteiger partial charge is 0.232 e. The summed E-state index contributed by atoms with van der Waals surface area (Å²) in [4.78, 5) is 14.3. The van der Waals surface area contributed by atoms with Crippen LogP contribution in [-0.4, -0.2) is 40.9 Å². The molecule has 0 saturated heterocycles. The number of carbonyl (C=O) groups is 1. The van der Waals surface area contributed by atoms with E-state index in [0.29, 0.717) is 17.9 Å². The van der Waals surface area contributed by atoms with E-state index in [4.69, 9.17) is 5.26 Å². The van der Waals surface area contributed by atoms with Crippen molar-refractivity contribution in [3.05, 3.63) is 29.8 Å². The van der Waals surface area contributed by atoms with Crippen molar-refractivity contribution in [2.45, 2.75) is 24.3 Å². The Kier molecular flexibility index (Phi) is 5.40. The second-order valence-electron chi connectivity index (χ2n) is 4.99. The molecule has 0 aliphatic rings. The molecule has 5 heteroatoms. The number of carbonyl (C=O) groups excluding carboxylic acids is 1. The van der Waals surface area contributed by atoms with Crippen molar-refractivity contribution < 1.29 is 9.90 Å². The van der Waals surface area contributed by atoms with Gasteiger partial charge in [0.05, 0.1) is 23.0 Å². The molecule has 0 fully saturated rings. The molecule has 102 valence electrons. The Morgan fingerprint density at radius 3 is 2.47 bits per heavy atom. The second kappa shape index (κ2) is 6.60. The van der Waals surface area contributed by atoms with E-state index < -0.39 is 5.60 Å². The summed E-state index contributed by atoms with van der Waals surface area (Å²) in [7, 11) is 1.68. The van der Waals surface area contributed by atoms with Crippen LogP contribution in [0.4, 0.5) is 0 Å². The monoisotopic (exact) mass is 278 g/mol. The van der Waals surface area contributed by atoms with E-state index >= 15 is 0 Å². The van der Waals surface area contributed by atoms with Gasteiger partial charge in [-0.05, 0) is 38.1 Å². The average molecular weight is 278 g/mol. The van der Waals surface area contributed by atoms with Crippen molar-refractivity contribution in [2.24, 2.45) is 0 Å². The van der Waals surface area contributed by atoms with Crippen LogP contribution in [0.1, 0.15) is 19.4 Å². The summed E-state index contributed by atoms with van der Waals surface area (Å²) in [6, 6.07) is 9.16. The third-order valence-corrected chi connectivity index (χ3v) is 3.39. The lowest BCUT2D eigenvalue weighted by atomic mass is 10.1. The van der Waals surface area contributed by atoms with Crippen molar-refractivity contribution in [2.75, 3.05) is 19.3 Å². The Morgan fingerprint density at radius 1 is 1.42 bits per heavy atom. The van der Waals surface area contributed by atoms with Crippen LogP contribution in [0.5, 0.6) is 0 Å². The van der Waals surface area contributed by atoms with Crippen molar-refractivity contribution in [1.82, 2.24) is 4.90 Å². The van der Waals surface area contributed by atoms with E-state index in [2.05, 4.69) is 6.07 Å². The first-order valence-electron chi connectivity index (χ1n) is 5.91. The molecule has 0 heterocycles. The van der Waals surface area contributed by atoms with Crippen molar-refractivity contribution >= 4 is 17.7 Å². The fraction of sp³-hybridized carbons (Fsp3) is 0.429. The van der Waals surface area contributed by atoms with E-state index in [-0.39, 0.29) is 5.91 Å². The van der Waals surface area contributed by atoms with E-state index in [0.717, 1.165) is 4.90 Å². The lowest BCUT2D eigenvalue weighted by molar-refractivity contribution is -0.129. The van der Waals surface area contributed by atoms with Gasteiger partial charge < -0.3 is 10.0 Å². The average Bonchev–Trinajstić information content (AvgIpc) is 2.34. The van der Waals surface area contributed by atoms with Gasteiger partial charge in [0.25, 0.3) is 0 Å². The summed E-state index contributed by atoms with van der Waals surface area (Å²) in [6.45, 7) is 3.65. The van der Waals surface area contributed by atoms with Gasteiger partial charge in [0.15, 0.2) is 0 Å². The molecule has 0 bridgehead atoms. The highest BCUT2D eigenvalue weighted by Crippen LogP contribution is 2.18. The van der Waals surface area contributed by atoms with E-state index in [1.807, 2.05) is 12.1 Å². The fourth-order valence-corrected chi connectivity index (χ4v) is 2.39. The number of nitrogens with zero attached hydrogens (tertiary/aromatic N) is 2. The van der Waals surface area contributed by atoms with E-state index in [1.165, 1.54) is 16.7 Å². The Hall–Kier alpha value is -1.51. The van der Waals surface area contributed by atoms with Crippen LogP contribution in [0, 0.1) is 11.3 Å². The number of amides is 1. The van der Waals surface area contributed by atoms with Crippen LogP contribution in [0.15, 0.2) is 29.2 Å². The highest BCUT2D eigenvalue weighted by molar-refractivity contribution is 8.00. The molecule has 0 aliphatic carbocycles. The maximum absolute atomic E-state index is 11.9. The number of nitriles is 1. The maximum atomic E-state index is 11.9. The summed E-state index contributed by atoms with van der Waals surface area (Å²) >= 11 is 1.42. The predicted octanol–water partition coefficient (Wildman–Crippen LogP) is 1.88. The minimum absolute atomic E-state index is 0.0310. The number of likely N-dealkylation sites (N-methyl/N-ethyl adjacent to an activating group) is 1. The molecule has 0 radical (unpaired) electrons. The van der Waals surface area contributed by atoms with Crippen LogP contribution in [0.25, 0.3) is 0 Å². The molecule has 1 aromatic rings. The maximum Gasteiger partial charge on any atom is 0.232 e. The summed E-state index contributed by atoms with van der Waals surface area (Å²) in [5, 5.41) is 18.3. The normalized spacial score (nSPS) is 10.9. The summed E-state index contributed by atoms with van der Waals surface area (Å²) in [6.07, 6.45) is 0. The Morgan fingerprint density at radius 2 is 2.00 bits per heavy atom. The van der Waals surface area contributed by atoms with E-state index in [9.17, 15) is 9.90 Å². The molecular weight excluding hydrogens is 260 g/mol. The Bertz CT molecular complexity index is 472. The molecule has 4 nitrogen and oxygen atoms in total. The van der Waals surface area contributed by atoms with Gasteiger partial charge >= 0.3 is 0 Å². The summed E-state index contributed by atoms with van der Waals surface area (Å²) in [5.74, 6) is 0.287. The van der Waals surface area contributed by atoms with Gasteiger partial charge in [-0.15, -0.1) is 11.8 Å². The van der Waals surface area contributed by atoms with Gasteiger partial charge in [-0.2, -0.15) is 5.26 Å². The zero-order valence-corrected chi connectivity index (χ0v) is 12.2. The van der Waals surface area contributed by atoms with E-state index in [1.54, 1.807) is 33.0 Å². The molecule has 0 aliphatic heterocycles. The lowest BCUT2D eigenvalue weighted by Gasteiger charge is -2.25. The number of rotatable bonds is 5. The van der Waals surface area contributed by atoms with Crippen LogP contribution >= 0.6 is 11.8 Å². The molecule has 0 saturated carbocycles. The zero-order chi connectivity index (χ0) is 14.5. The Balaban J connectivity index is 2.47. The number of thioether (sulfide) groups is 1. The minimum Gasteiger partial charge on any atom is -0.389 e. The van der Waals surface area contributed by atoms with Gasteiger partial charge in [-0.3, -0.25) is 4.79 Å². The molecule has 0 aromatic heterocycles. The standard InChI is InChI=1S/C14H18N2O2S/c1-14(2,18)10-16(3)13(17)9-19-12-6-4-11(8-15)5-7-12/h4-7,18H,9-10H2,1-3H3. The lowest BCUT2D eigenvalue weighted by Crippen LogP contribution is -2.40. The van der Waals surface area contributed by atoms with Crippen LogP contribution in [-0.2, 0) is 4.79 Å². The third-order valence-electron chi connectivity index (χ3n) is 2.40. The number of hydrogen-bond donors (Lipinski definition) is 1. The first kappa shape index (κ1) is 15.5. The van der Waals surface area contributed by atoms with Gasteiger partial charge in [0.1, 0.15) is 0 Å². The van der Waals surface area contributed by atoms with Crippen LogP contribution < -0.4 is 0 Å². The molecule has 1 aromatic carbocycles. The number of hydrogen-bond acceptors (Lipinski definition) is 4. The predicted molar refractivity (Wildman–Crippen MR) is 75.8 cm³/mol. The van der Waals surface area contributed by atoms with Crippen LogP contribution in [0.2, 0.25) is 0 Å². The molecule has 0 atom stereocenters. The minimum atomic E-state index is -0.885. The van der Waals surface area contributed by atoms with Crippen molar-refractivity contribution in [3.63, 3.8) is 0 Å². The fourth-order valence-electron chi connectivity index (χ4n) is 1.55. The van der Waals surface area contributed by atoms with Gasteiger partial charge in [-0.1, -0.05) is 0 Å². The third kappa shape index (κ3) is 5.77. The number of benzene rings is 1. The molecule has 1 N–H and O–H groups in total. The molecular formula is C14H18N2O2S. The molecule has 0 spiro atoms. The second-order valence-corrected chi connectivity index (χ2v) is 6.04. The first-order valence-corrected chi connectivity index (χ1v) is 6.90. The first-order chi connectivity index (χ1) is 8.81. The number of aliphatic hydroxyl groups is 1. The summed E-state index contributed by atoms with van der Waals surface area (Å²) in [5.41, 5.74) is -0.279.